The summed E-state index contributed by atoms with van der Waals surface area (Å²) in [5.74, 6) is 0.289. The monoisotopic (exact) mass is 355 g/mol. The fraction of sp³-hybridized carbons (Fsp3) is 0.316. The topological polar surface area (TPSA) is 80.8 Å². The molecule has 1 aliphatic rings. The number of methoxy groups -OCH3 is 1. The Bertz CT molecular complexity index is 837. The first-order chi connectivity index (χ1) is 12.6. The number of pyridine rings is 1. The average molecular weight is 355 g/mol. The first-order valence-electron chi connectivity index (χ1n) is 8.36. The van der Waals surface area contributed by atoms with Gasteiger partial charge in [-0.1, -0.05) is 12.6 Å². The van der Waals surface area contributed by atoms with Gasteiger partial charge < -0.3 is 19.7 Å². The Hall–Kier alpha value is -2.93. The highest BCUT2D eigenvalue weighted by atomic mass is 16.5. The molecule has 1 saturated heterocycles. The van der Waals surface area contributed by atoms with E-state index in [1.54, 1.807) is 30.3 Å². The van der Waals surface area contributed by atoms with Gasteiger partial charge in [-0.15, -0.1) is 0 Å². The lowest BCUT2D eigenvalue weighted by molar-refractivity contribution is -0.136. The predicted molar refractivity (Wildman–Crippen MR) is 98.1 cm³/mol. The van der Waals surface area contributed by atoms with E-state index in [-0.39, 0.29) is 24.3 Å². The quantitative estimate of drug-likeness (QED) is 0.830. The van der Waals surface area contributed by atoms with Crippen LogP contribution in [0.5, 0.6) is 5.75 Å². The van der Waals surface area contributed by atoms with E-state index in [2.05, 4.69) is 16.9 Å². The zero-order valence-corrected chi connectivity index (χ0v) is 14.6. The van der Waals surface area contributed by atoms with E-state index < -0.39 is 0 Å². The second kappa shape index (κ2) is 7.97. The number of carbonyl (C=O) groups is 2. The van der Waals surface area contributed by atoms with E-state index >= 15 is 0 Å². The third kappa shape index (κ3) is 3.67. The van der Waals surface area contributed by atoms with Crippen molar-refractivity contribution in [3.05, 3.63) is 43.1 Å². The molecule has 1 aromatic heterocycles. The zero-order valence-electron chi connectivity index (χ0n) is 14.6. The molecule has 1 aromatic carbocycles. The van der Waals surface area contributed by atoms with Gasteiger partial charge in [0.2, 0.25) is 11.8 Å². The van der Waals surface area contributed by atoms with Gasteiger partial charge in [0.1, 0.15) is 5.75 Å². The second-order valence-electron chi connectivity index (χ2n) is 5.93. The highest BCUT2D eigenvalue weighted by molar-refractivity contribution is 6.02. The summed E-state index contributed by atoms with van der Waals surface area (Å²) in [6.07, 6.45) is 3.04. The minimum atomic E-state index is -0.313. The van der Waals surface area contributed by atoms with Gasteiger partial charge in [-0.2, -0.15) is 0 Å². The lowest BCUT2D eigenvalue weighted by Crippen LogP contribution is -2.49. The summed E-state index contributed by atoms with van der Waals surface area (Å²) in [5.41, 5.74) is 1.25. The zero-order chi connectivity index (χ0) is 18.5. The molecule has 2 amide bonds. The number of morpholine rings is 1. The number of amides is 2. The lowest BCUT2D eigenvalue weighted by Gasteiger charge is -2.34. The van der Waals surface area contributed by atoms with Gasteiger partial charge in [-0.3, -0.25) is 14.6 Å². The molecule has 1 aliphatic heterocycles. The number of anilines is 1. The van der Waals surface area contributed by atoms with Crippen LogP contribution in [0.25, 0.3) is 10.9 Å². The maximum Gasteiger partial charge on any atom is 0.246 e. The molecule has 2 heterocycles. The maximum absolute atomic E-state index is 12.5. The number of hydrogen-bond acceptors (Lipinski definition) is 5. The van der Waals surface area contributed by atoms with Gasteiger partial charge in [-0.25, -0.2) is 0 Å². The van der Waals surface area contributed by atoms with Crippen LogP contribution < -0.4 is 10.1 Å². The molecule has 0 saturated carbocycles. The first-order valence-corrected chi connectivity index (χ1v) is 8.36. The molecular formula is C19H21N3O4. The van der Waals surface area contributed by atoms with Gasteiger partial charge >= 0.3 is 0 Å². The minimum Gasteiger partial charge on any atom is -0.496 e. The standard InChI is InChI=1S/C19H21N3O4/c1-3-18(24)22-9-10-26-12-13(22)11-17(23)21-15-6-4-5-14-16(25-2)7-8-20-19(14)15/h3-8,13H,1,9-12H2,2H3,(H,21,23). The molecule has 0 spiro atoms. The number of aromatic nitrogens is 1. The summed E-state index contributed by atoms with van der Waals surface area (Å²) in [6, 6.07) is 6.96. The van der Waals surface area contributed by atoms with Crippen LogP contribution >= 0.6 is 0 Å². The van der Waals surface area contributed by atoms with Crippen LogP contribution in [-0.2, 0) is 14.3 Å². The summed E-state index contributed by atoms with van der Waals surface area (Å²) in [4.78, 5) is 30.5. The van der Waals surface area contributed by atoms with E-state index in [4.69, 9.17) is 9.47 Å². The molecule has 136 valence electrons. The number of benzene rings is 1. The summed E-state index contributed by atoms with van der Waals surface area (Å²) in [5, 5.41) is 3.70. The number of hydrogen-bond donors (Lipinski definition) is 1. The van der Waals surface area contributed by atoms with Crippen LogP contribution in [0.3, 0.4) is 0 Å². The van der Waals surface area contributed by atoms with Gasteiger partial charge in [-0.05, 0) is 24.3 Å². The van der Waals surface area contributed by atoms with Crippen LogP contribution in [0.4, 0.5) is 5.69 Å². The predicted octanol–water partition coefficient (Wildman–Crippen LogP) is 1.99. The summed E-state index contributed by atoms with van der Waals surface area (Å²) in [6.45, 7) is 4.76. The van der Waals surface area contributed by atoms with Crippen molar-refractivity contribution < 1.29 is 19.1 Å². The number of nitrogens with one attached hydrogen (secondary N) is 1. The Morgan fingerprint density at radius 1 is 1.46 bits per heavy atom. The Morgan fingerprint density at radius 2 is 2.31 bits per heavy atom. The molecule has 3 rings (SSSR count). The highest BCUT2D eigenvalue weighted by Crippen LogP contribution is 2.28. The fourth-order valence-electron chi connectivity index (χ4n) is 3.08. The Kier molecular flexibility index (Phi) is 5.48. The first kappa shape index (κ1) is 17.9. The molecule has 1 N–H and O–H groups in total. The molecule has 0 aliphatic carbocycles. The van der Waals surface area contributed by atoms with E-state index in [0.717, 1.165) is 5.39 Å². The maximum atomic E-state index is 12.5. The minimum absolute atomic E-state index is 0.139. The van der Waals surface area contributed by atoms with Crippen molar-refractivity contribution in [3.8, 4) is 5.75 Å². The van der Waals surface area contributed by atoms with Crippen molar-refractivity contribution in [3.63, 3.8) is 0 Å². The third-order valence-electron chi connectivity index (χ3n) is 4.33. The van der Waals surface area contributed by atoms with Crippen LogP contribution in [0.2, 0.25) is 0 Å². The summed E-state index contributed by atoms with van der Waals surface area (Å²) < 4.78 is 10.8. The Balaban J connectivity index is 1.77. The van der Waals surface area contributed by atoms with Crippen molar-refractivity contribution in [1.29, 1.82) is 0 Å². The largest absolute Gasteiger partial charge is 0.496 e. The van der Waals surface area contributed by atoms with Crippen LogP contribution in [0, 0.1) is 0 Å². The number of nitrogens with zero attached hydrogens (tertiary/aromatic N) is 2. The second-order valence-corrected chi connectivity index (χ2v) is 5.93. The van der Waals surface area contributed by atoms with E-state index in [0.29, 0.717) is 36.7 Å². The Labute approximate surface area is 151 Å². The highest BCUT2D eigenvalue weighted by Gasteiger charge is 2.28. The van der Waals surface area contributed by atoms with Crippen LogP contribution in [0.15, 0.2) is 43.1 Å². The number of ether oxygens (including phenoxy) is 2. The molecule has 2 aromatic rings. The molecule has 7 heteroatoms. The van der Waals surface area contributed by atoms with Crippen molar-refractivity contribution in [2.24, 2.45) is 0 Å². The van der Waals surface area contributed by atoms with Crippen molar-refractivity contribution in [2.45, 2.75) is 12.5 Å². The smallest absolute Gasteiger partial charge is 0.246 e. The Morgan fingerprint density at radius 3 is 3.08 bits per heavy atom. The number of para-hydroxylation sites is 1. The lowest BCUT2D eigenvalue weighted by atomic mass is 10.1. The molecule has 0 bridgehead atoms. The summed E-state index contributed by atoms with van der Waals surface area (Å²) >= 11 is 0. The van der Waals surface area contributed by atoms with Crippen LogP contribution in [0.1, 0.15) is 6.42 Å². The van der Waals surface area contributed by atoms with Gasteiger partial charge in [0.15, 0.2) is 0 Å². The number of rotatable bonds is 5. The molecule has 0 radical (unpaired) electrons. The van der Waals surface area contributed by atoms with Gasteiger partial charge in [0.05, 0.1) is 37.6 Å². The fourth-order valence-corrected chi connectivity index (χ4v) is 3.08. The van der Waals surface area contributed by atoms with Crippen molar-refractivity contribution >= 4 is 28.4 Å². The van der Waals surface area contributed by atoms with Crippen molar-refractivity contribution in [2.75, 3.05) is 32.2 Å². The molecular weight excluding hydrogens is 334 g/mol. The van der Waals surface area contributed by atoms with Crippen LogP contribution in [-0.4, -0.2) is 54.6 Å². The van der Waals surface area contributed by atoms with Crippen molar-refractivity contribution in [1.82, 2.24) is 9.88 Å². The molecule has 26 heavy (non-hydrogen) atoms. The van der Waals surface area contributed by atoms with Gasteiger partial charge in [0.25, 0.3) is 0 Å². The average Bonchev–Trinajstić information content (AvgIpc) is 2.67. The number of carbonyl (C=O) groups excluding carboxylic acids is 2. The molecule has 1 unspecified atom stereocenters. The van der Waals surface area contributed by atoms with E-state index in [9.17, 15) is 9.59 Å². The third-order valence-corrected chi connectivity index (χ3v) is 4.33. The normalized spacial score (nSPS) is 17.0. The van der Waals surface area contributed by atoms with E-state index in [1.807, 2.05) is 12.1 Å². The SMILES string of the molecule is C=CC(=O)N1CCOCC1CC(=O)Nc1cccc2c(OC)ccnc12. The molecule has 7 nitrogen and oxygen atoms in total. The van der Waals surface area contributed by atoms with Gasteiger partial charge in [0, 0.05) is 24.5 Å². The number of fused-ring (bicyclic) bond motifs is 1. The van der Waals surface area contributed by atoms with E-state index in [1.165, 1.54) is 6.08 Å². The summed E-state index contributed by atoms with van der Waals surface area (Å²) in [7, 11) is 1.59. The molecule has 1 atom stereocenters. The molecule has 1 fully saturated rings.